The van der Waals surface area contributed by atoms with E-state index in [9.17, 15) is 9.59 Å². The van der Waals surface area contributed by atoms with Crippen LogP contribution in [0.5, 0.6) is 5.75 Å². The maximum Gasteiger partial charge on any atom is 0.262 e. The molecule has 0 bridgehead atoms. The minimum atomic E-state index is -0.268. The minimum Gasteiger partial charge on any atom is -0.484 e. The van der Waals surface area contributed by atoms with Gasteiger partial charge in [0.25, 0.3) is 11.8 Å². The van der Waals surface area contributed by atoms with Crippen LogP contribution in [0.4, 0.5) is 10.8 Å². The lowest BCUT2D eigenvalue weighted by atomic mass is 9.99. The molecule has 150 valence electrons. The maximum absolute atomic E-state index is 12.1. The van der Waals surface area contributed by atoms with Gasteiger partial charge in [-0.05, 0) is 54.3 Å². The standard InChI is InChI=1S/C22H23N3O3S/c1-3-15(2)16-6-10-19(11-7-16)28-14-20(26)24-18-8-4-17(5-9-18)21(27)25-22-23-12-13-29-22/h4-13,15H,3,14H2,1-2H3,(H,24,26)(H,23,25,27)/t15-/m0/s1. The number of nitrogens with zero attached hydrogens (tertiary/aromatic N) is 1. The molecule has 1 heterocycles. The second kappa shape index (κ2) is 9.84. The molecule has 0 saturated heterocycles. The normalized spacial score (nSPS) is 11.5. The van der Waals surface area contributed by atoms with E-state index in [1.165, 1.54) is 16.9 Å². The van der Waals surface area contributed by atoms with Crippen LogP contribution < -0.4 is 15.4 Å². The van der Waals surface area contributed by atoms with Crippen molar-refractivity contribution in [1.82, 2.24) is 4.98 Å². The van der Waals surface area contributed by atoms with Gasteiger partial charge >= 0.3 is 0 Å². The Bertz CT molecular complexity index is 938. The zero-order valence-corrected chi connectivity index (χ0v) is 17.2. The van der Waals surface area contributed by atoms with Gasteiger partial charge in [-0.15, -0.1) is 11.3 Å². The van der Waals surface area contributed by atoms with Gasteiger partial charge in [-0.1, -0.05) is 26.0 Å². The molecule has 0 aliphatic heterocycles. The molecule has 1 atom stereocenters. The summed E-state index contributed by atoms with van der Waals surface area (Å²) in [5.74, 6) is 0.637. The summed E-state index contributed by atoms with van der Waals surface area (Å²) in [7, 11) is 0. The Balaban J connectivity index is 1.48. The highest BCUT2D eigenvalue weighted by Crippen LogP contribution is 2.21. The van der Waals surface area contributed by atoms with Gasteiger partial charge in [0.1, 0.15) is 5.75 Å². The highest BCUT2D eigenvalue weighted by Gasteiger charge is 2.09. The van der Waals surface area contributed by atoms with Crippen molar-refractivity contribution in [2.45, 2.75) is 26.2 Å². The van der Waals surface area contributed by atoms with Crippen molar-refractivity contribution in [3.8, 4) is 5.75 Å². The predicted molar refractivity (Wildman–Crippen MR) is 116 cm³/mol. The Labute approximate surface area is 173 Å². The molecule has 0 aliphatic carbocycles. The number of amides is 2. The first-order valence-electron chi connectivity index (χ1n) is 9.38. The Hall–Kier alpha value is -3.19. The van der Waals surface area contributed by atoms with E-state index in [0.29, 0.717) is 28.0 Å². The van der Waals surface area contributed by atoms with Gasteiger partial charge in [0, 0.05) is 22.8 Å². The molecule has 0 radical (unpaired) electrons. The van der Waals surface area contributed by atoms with Crippen molar-refractivity contribution in [2.75, 3.05) is 17.2 Å². The van der Waals surface area contributed by atoms with E-state index in [0.717, 1.165) is 6.42 Å². The first-order valence-corrected chi connectivity index (χ1v) is 10.3. The van der Waals surface area contributed by atoms with Crippen LogP contribution in [0.25, 0.3) is 0 Å². The van der Waals surface area contributed by atoms with Crippen molar-refractivity contribution in [3.05, 3.63) is 71.2 Å². The van der Waals surface area contributed by atoms with Gasteiger partial charge in [-0.25, -0.2) is 4.98 Å². The van der Waals surface area contributed by atoms with E-state index in [4.69, 9.17) is 4.74 Å². The van der Waals surface area contributed by atoms with E-state index in [1.54, 1.807) is 35.8 Å². The Morgan fingerprint density at radius 2 is 1.79 bits per heavy atom. The monoisotopic (exact) mass is 409 g/mol. The molecule has 0 aliphatic rings. The van der Waals surface area contributed by atoms with Gasteiger partial charge in [-0.3, -0.25) is 14.9 Å². The minimum absolute atomic E-state index is 0.0883. The molecule has 6 nitrogen and oxygen atoms in total. The first-order chi connectivity index (χ1) is 14.0. The largest absolute Gasteiger partial charge is 0.484 e. The molecule has 2 amide bonds. The molecule has 0 unspecified atom stereocenters. The maximum atomic E-state index is 12.1. The molecule has 3 aromatic rings. The lowest BCUT2D eigenvalue weighted by Gasteiger charge is -2.11. The van der Waals surface area contributed by atoms with Crippen LogP contribution in [0.3, 0.4) is 0 Å². The van der Waals surface area contributed by atoms with Crippen LogP contribution in [-0.4, -0.2) is 23.4 Å². The van der Waals surface area contributed by atoms with Crippen molar-refractivity contribution in [2.24, 2.45) is 0 Å². The van der Waals surface area contributed by atoms with Gasteiger partial charge in [0.05, 0.1) is 0 Å². The number of thiazole rings is 1. The smallest absolute Gasteiger partial charge is 0.262 e. The first kappa shape index (κ1) is 20.5. The third-order valence-electron chi connectivity index (χ3n) is 4.52. The van der Waals surface area contributed by atoms with Crippen LogP contribution in [0, 0.1) is 0 Å². The average molecular weight is 410 g/mol. The summed E-state index contributed by atoms with van der Waals surface area (Å²) < 4.78 is 5.55. The molecule has 0 fully saturated rings. The number of benzene rings is 2. The molecule has 0 saturated carbocycles. The van der Waals surface area contributed by atoms with Crippen LogP contribution in [0.15, 0.2) is 60.1 Å². The van der Waals surface area contributed by atoms with Crippen molar-refractivity contribution in [1.29, 1.82) is 0 Å². The summed E-state index contributed by atoms with van der Waals surface area (Å²) in [5.41, 5.74) is 2.33. The number of rotatable bonds is 8. The van der Waals surface area contributed by atoms with E-state index >= 15 is 0 Å². The summed E-state index contributed by atoms with van der Waals surface area (Å²) >= 11 is 1.35. The van der Waals surface area contributed by atoms with Gasteiger partial charge < -0.3 is 10.1 Å². The number of hydrogen-bond acceptors (Lipinski definition) is 5. The number of carbonyl (C=O) groups excluding carboxylic acids is 2. The third kappa shape index (κ3) is 5.89. The lowest BCUT2D eigenvalue weighted by molar-refractivity contribution is -0.118. The predicted octanol–water partition coefficient (Wildman–Crippen LogP) is 4.93. The SMILES string of the molecule is CC[C@H](C)c1ccc(OCC(=O)Nc2ccc(C(=O)Nc3nccs3)cc2)cc1. The zero-order valence-electron chi connectivity index (χ0n) is 16.3. The molecule has 3 rings (SSSR count). The molecule has 2 aromatic carbocycles. The molecule has 2 N–H and O–H groups in total. The number of aromatic nitrogens is 1. The quantitative estimate of drug-likeness (QED) is 0.553. The van der Waals surface area contributed by atoms with Crippen LogP contribution >= 0.6 is 11.3 Å². The van der Waals surface area contributed by atoms with E-state index in [-0.39, 0.29) is 18.4 Å². The fraction of sp³-hybridized carbons (Fsp3) is 0.227. The Morgan fingerprint density at radius 3 is 2.41 bits per heavy atom. The number of nitrogens with one attached hydrogen (secondary N) is 2. The highest BCUT2D eigenvalue weighted by molar-refractivity contribution is 7.13. The summed E-state index contributed by atoms with van der Waals surface area (Å²) in [6.07, 6.45) is 2.70. The summed E-state index contributed by atoms with van der Waals surface area (Å²) in [6.45, 7) is 4.24. The van der Waals surface area contributed by atoms with E-state index in [1.807, 2.05) is 24.3 Å². The Kier molecular flexibility index (Phi) is 6.97. The molecular weight excluding hydrogens is 386 g/mol. The van der Waals surface area contributed by atoms with Crippen molar-refractivity contribution in [3.63, 3.8) is 0 Å². The fourth-order valence-corrected chi connectivity index (χ4v) is 3.16. The van der Waals surface area contributed by atoms with E-state index < -0.39 is 0 Å². The van der Waals surface area contributed by atoms with Crippen molar-refractivity contribution >= 4 is 34.0 Å². The molecule has 1 aromatic heterocycles. The topological polar surface area (TPSA) is 80.3 Å². The van der Waals surface area contributed by atoms with Crippen LogP contribution in [0.2, 0.25) is 0 Å². The second-order valence-corrected chi connectivity index (χ2v) is 7.48. The number of anilines is 2. The highest BCUT2D eigenvalue weighted by atomic mass is 32.1. The average Bonchev–Trinajstić information content (AvgIpc) is 3.25. The molecule has 29 heavy (non-hydrogen) atoms. The lowest BCUT2D eigenvalue weighted by Crippen LogP contribution is -2.20. The van der Waals surface area contributed by atoms with Crippen LogP contribution in [-0.2, 0) is 4.79 Å². The zero-order chi connectivity index (χ0) is 20.6. The Morgan fingerprint density at radius 1 is 1.07 bits per heavy atom. The molecule has 7 heteroatoms. The number of carbonyl (C=O) groups is 2. The van der Waals surface area contributed by atoms with Gasteiger partial charge in [0.2, 0.25) is 0 Å². The molecule has 0 spiro atoms. The molecular formula is C22H23N3O3S. The second-order valence-electron chi connectivity index (χ2n) is 6.58. The summed E-state index contributed by atoms with van der Waals surface area (Å²) in [4.78, 5) is 28.3. The summed E-state index contributed by atoms with van der Waals surface area (Å²) in [6, 6.07) is 14.5. The van der Waals surface area contributed by atoms with Crippen molar-refractivity contribution < 1.29 is 14.3 Å². The third-order valence-corrected chi connectivity index (χ3v) is 5.20. The number of ether oxygens (including phenoxy) is 1. The number of hydrogen-bond donors (Lipinski definition) is 2. The van der Waals surface area contributed by atoms with Gasteiger partial charge in [-0.2, -0.15) is 0 Å². The van der Waals surface area contributed by atoms with Gasteiger partial charge in [0.15, 0.2) is 11.7 Å². The fourth-order valence-electron chi connectivity index (χ4n) is 2.63. The van der Waals surface area contributed by atoms with E-state index in [2.05, 4.69) is 29.5 Å². The summed E-state index contributed by atoms with van der Waals surface area (Å²) in [5, 5.41) is 7.80. The van der Waals surface area contributed by atoms with Crippen LogP contribution in [0.1, 0.15) is 42.1 Å².